The minimum atomic E-state index is -5.12. The summed E-state index contributed by atoms with van der Waals surface area (Å²) in [5.41, 5.74) is 2.78. The fourth-order valence-electron chi connectivity index (χ4n) is 1.44. The Hall–Kier alpha value is -0.990. The van der Waals surface area contributed by atoms with Gasteiger partial charge < -0.3 is 10.8 Å². The average Bonchev–Trinajstić information content (AvgIpc) is 2.24. The lowest BCUT2D eigenvalue weighted by atomic mass is 9.96. The van der Waals surface area contributed by atoms with Crippen LogP contribution in [0.3, 0.4) is 0 Å². The highest BCUT2D eigenvalue weighted by molar-refractivity contribution is 6.30. The van der Waals surface area contributed by atoms with Crippen molar-refractivity contribution in [2.45, 2.75) is 24.5 Å². The third-order valence-electron chi connectivity index (χ3n) is 2.36. The molecule has 0 amide bonds. The Morgan fingerprint density at radius 2 is 1.63 bits per heavy atom. The van der Waals surface area contributed by atoms with Crippen LogP contribution in [0.5, 0.6) is 0 Å². The van der Waals surface area contributed by atoms with E-state index < -0.39 is 35.6 Å². The van der Waals surface area contributed by atoms with E-state index in [9.17, 15) is 26.3 Å². The lowest BCUT2D eigenvalue weighted by Crippen LogP contribution is -2.39. The standard InChI is InChI=1S/C10H8ClF6NO/c11-4-1-2-5(6(3-4)9(12,13)14)7(18)8(19)10(15,16)17/h1-3,7-8,19H,18H2/t7-,8-/m0/s1. The van der Waals surface area contributed by atoms with Gasteiger partial charge in [0.25, 0.3) is 0 Å². The maximum absolute atomic E-state index is 12.7. The molecule has 0 aromatic heterocycles. The molecular weight excluding hydrogens is 300 g/mol. The Morgan fingerprint density at radius 1 is 1.11 bits per heavy atom. The van der Waals surface area contributed by atoms with Crippen LogP contribution < -0.4 is 5.73 Å². The zero-order valence-corrected chi connectivity index (χ0v) is 9.81. The first-order valence-corrected chi connectivity index (χ1v) is 5.19. The number of hydrogen-bond acceptors (Lipinski definition) is 2. The number of aliphatic hydroxyl groups excluding tert-OH is 1. The van der Waals surface area contributed by atoms with Crippen LogP contribution >= 0.6 is 11.6 Å². The topological polar surface area (TPSA) is 46.2 Å². The number of alkyl halides is 6. The first-order chi connectivity index (χ1) is 8.44. The third kappa shape index (κ3) is 3.74. The highest BCUT2D eigenvalue weighted by Crippen LogP contribution is 2.38. The summed E-state index contributed by atoms with van der Waals surface area (Å²) >= 11 is 5.37. The first kappa shape index (κ1) is 16.1. The minimum Gasteiger partial charge on any atom is -0.382 e. The Labute approximate surface area is 108 Å². The third-order valence-corrected chi connectivity index (χ3v) is 2.59. The van der Waals surface area contributed by atoms with Crippen molar-refractivity contribution in [1.82, 2.24) is 0 Å². The molecular formula is C10H8ClF6NO. The number of benzene rings is 1. The number of aliphatic hydroxyl groups is 1. The highest BCUT2D eigenvalue weighted by atomic mass is 35.5. The van der Waals surface area contributed by atoms with Gasteiger partial charge in [0.1, 0.15) is 0 Å². The van der Waals surface area contributed by atoms with Gasteiger partial charge in [-0.2, -0.15) is 26.3 Å². The molecule has 9 heteroatoms. The Bertz CT molecular complexity index is 458. The Kier molecular flexibility index (Phi) is 4.38. The summed E-state index contributed by atoms with van der Waals surface area (Å²) in [4.78, 5) is 0. The van der Waals surface area contributed by atoms with Gasteiger partial charge >= 0.3 is 12.4 Å². The lowest BCUT2D eigenvalue weighted by Gasteiger charge is -2.24. The zero-order valence-electron chi connectivity index (χ0n) is 9.06. The van der Waals surface area contributed by atoms with Gasteiger partial charge in [-0.05, 0) is 17.7 Å². The average molecular weight is 308 g/mol. The van der Waals surface area contributed by atoms with Crippen LogP contribution in [0.4, 0.5) is 26.3 Å². The van der Waals surface area contributed by atoms with E-state index in [1.165, 1.54) is 0 Å². The summed E-state index contributed by atoms with van der Waals surface area (Å²) in [6.07, 6.45) is -13.2. The predicted octanol–water partition coefficient (Wildman–Crippen LogP) is 3.28. The van der Waals surface area contributed by atoms with Gasteiger partial charge in [0.2, 0.25) is 0 Å². The molecule has 19 heavy (non-hydrogen) atoms. The van der Waals surface area contributed by atoms with Gasteiger partial charge in [0, 0.05) is 5.02 Å². The van der Waals surface area contributed by atoms with Crippen LogP contribution in [0.1, 0.15) is 17.2 Å². The van der Waals surface area contributed by atoms with Crippen LogP contribution in [0.2, 0.25) is 5.02 Å². The fraction of sp³-hybridized carbons (Fsp3) is 0.400. The van der Waals surface area contributed by atoms with E-state index in [-0.39, 0.29) is 5.02 Å². The van der Waals surface area contributed by atoms with Gasteiger partial charge in [0.05, 0.1) is 11.6 Å². The second-order valence-corrected chi connectivity index (χ2v) is 4.18. The molecule has 0 aliphatic heterocycles. The Morgan fingerprint density at radius 3 is 2.05 bits per heavy atom. The van der Waals surface area contributed by atoms with Gasteiger partial charge in [-0.3, -0.25) is 0 Å². The molecule has 0 fully saturated rings. The van der Waals surface area contributed by atoms with E-state index in [1.54, 1.807) is 0 Å². The maximum Gasteiger partial charge on any atom is 0.416 e. The molecule has 0 radical (unpaired) electrons. The van der Waals surface area contributed by atoms with Crippen molar-refractivity contribution in [3.8, 4) is 0 Å². The SMILES string of the molecule is N[C@@H](c1ccc(Cl)cc1C(F)(F)F)[C@H](O)C(F)(F)F. The van der Waals surface area contributed by atoms with Crippen LogP contribution in [0.15, 0.2) is 18.2 Å². The summed E-state index contributed by atoms with van der Waals surface area (Å²) in [5, 5.41) is 8.62. The van der Waals surface area contributed by atoms with Crippen molar-refractivity contribution >= 4 is 11.6 Å². The van der Waals surface area contributed by atoms with Crippen molar-refractivity contribution < 1.29 is 31.4 Å². The zero-order chi connectivity index (χ0) is 15.0. The molecule has 0 spiro atoms. The smallest absolute Gasteiger partial charge is 0.382 e. The molecule has 2 atom stereocenters. The number of rotatable bonds is 2. The van der Waals surface area contributed by atoms with E-state index in [4.69, 9.17) is 22.4 Å². The number of hydrogen-bond donors (Lipinski definition) is 2. The molecule has 0 bridgehead atoms. The molecule has 1 aromatic rings. The number of nitrogens with two attached hydrogens (primary N) is 1. The monoisotopic (exact) mass is 307 g/mol. The van der Waals surface area contributed by atoms with Crippen molar-refractivity contribution in [1.29, 1.82) is 0 Å². The normalized spacial score (nSPS) is 16.3. The molecule has 0 heterocycles. The largest absolute Gasteiger partial charge is 0.416 e. The molecule has 108 valence electrons. The summed E-state index contributed by atoms with van der Waals surface area (Å²) in [6.45, 7) is 0. The highest BCUT2D eigenvalue weighted by Gasteiger charge is 2.45. The van der Waals surface area contributed by atoms with Gasteiger partial charge in [-0.25, -0.2) is 0 Å². The molecule has 3 N–H and O–H groups in total. The van der Waals surface area contributed by atoms with Crippen LogP contribution in [-0.4, -0.2) is 17.4 Å². The lowest BCUT2D eigenvalue weighted by molar-refractivity contribution is -0.211. The summed E-state index contributed by atoms with van der Waals surface area (Å²) in [5.74, 6) is 0. The molecule has 2 nitrogen and oxygen atoms in total. The quantitative estimate of drug-likeness (QED) is 0.824. The van der Waals surface area contributed by atoms with E-state index in [0.717, 1.165) is 6.07 Å². The van der Waals surface area contributed by atoms with Crippen molar-refractivity contribution in [2.75, 3.05) is 0 Å². The first-order valence-electron chi connectivity index (χ1n) is 4.81. The molecule has 0 unspecified atom stereocenters. The summed E-state index contributed by atoms with van der Waals surface area (Å²) in [7, 11) is 0. The van der Waals surface area contributed by atoms with Gasteiger partial charge in [-0.15, -0.1) is 0 Å². The fourth-order valence-corrected chi connectivity index (χ4v) is 1.61. The molecule has 0 aliphatic carbocycles. The van der Waals surface area contributed by atoms with E-state index in [1.807, 2.05) is 0 Å². The maximum atomic E-state index is 12.7. The van der Waals surface area contributed by atoms with Crippen LogP contribution in [-0.2, 0) is 6.18 Å². The van der Waals surface area contributed by atoms with Crippen molar-refractivity contribution in [2.24, 2.45) is 5.73 Å². The van der Waals surface area contributed by atoms with Gasteiger partial charge in [-0.1, -0.05) is 17.7 Å². The second-order valence-electron chi connectivity index (χ2n) is 3.74. The second kappa shape index (κ2) is 5.18. The van der Waals surface area contributed by atoms with Gasteiger partial charge in [0.15, 0.2) is 6.10 Å². The molecule has 0 saturated heterocycles. The van der Waals surface area contributed by atoms with Crippen molar-refractivity contribution in [3.63, 3.8) is 0 Å². The molecule has 0 aliphatic rings. The molecule has 1 rings (SSSR count). The Balaban J connectivity index is 3.28. The van der Waals surface area contributed by atoms with Crippen molar-refractivity contribution in [3.05, 3.63) is 34.3 Å². The van der Waals surface area contributed by atoms with E-state index in [2.05, 4.69) is 0 Å². The summed E-state index contributed by atoms with van der Waals surface area (Å²) in [6, 6.07) is -0.117. The number of halogens is 7. The summed E-state index contributed by atoms with van der Waals surface area (Å²) < 4.78 is 74.8. The minimum absolute atomic E-state index is 0.301. The van der Waals surface area contributed by atoms with Crippen LogP contribution in [0.25, 0.3) is 0 Å². The van der Waals surface area contributed by atoms with Crippen LogP contribution in [0, 0.1) is 0 Å². The molecule has 0 saturated carbocycles. The van der Waals surface area contributed by atoms with E-state index >= 15 is 0 Å². The van der Waals surface area contributed by atoms with E-state index in [0.29, 0.717) is 12.1 Å². The predicted molar refractivity (Wildman–Crippen MR) is 55.4 cm³/mol. The molecule has 1 aromatic carbocycles.